The van der Waals surface area contributed by atoms with Gasteiger partial charge < -0.3 is 20.2 Å². The molecule has 0 aromatic heterocycles. The van der Waals surface area contributed by atoms with Gasteiger partial charge in [-0.05, 0) is 50.6 Å². The van der Waals surface area contributed by atoms with E-state index in [1.807, 2.05) is 17.0 Å². The molecule has 0 bridgehead atoms. The Morgan fingerprint density at radius 2 is 2.09 bits per heavy atom. The molecule has 1 saturated heterocycles. The predicted molar refractivity (Wildman–Crippen MR) is 89.4 cm³/mol. The SMILES string of the molecule is O=C(Nc1cccc(Cl)c1)N1CCCN(CCCCO)CC1. The highest BCUT2D eigenvalue weighted by atomic mass is 35.5. The van der Waals surface area contributed by atoms with Crippen molar-refractivity contribution < 1.29 is 9.90 Å². The van der Waals surface area contributed by atoms with Gasteiger partial charge in [0.2, 0.25) is 0 Å². The number of hydrogen-bond donors (Lipinski definition) is 2. The Bertz CT molecular complexity index is 484. The van der Waals surface area contributed by atoms with E-state index in [0.717, 1.165) is 57.7 Å². The van der Waals surface area contributed by atoms with Crippen LogP contribution in [0.25, 0.3) is 0 Å². The Balaban J connectivity index is 1.81. The minimum Gasteiger partial charge on any atom is -0.396 e. The smallest absolute Gasteiger partial charge is 0.321 e. The molecule has 0 unspecified atom stereocenters. The number of aliphatic hydroxyl groups excluding tert-OH is 1. The molecule has 2 N–H and O–H groups in total. The van der Waals surface area contributed by atoms with Crippen molar-refractivity contribution in [3.63, 3.8) is 0 Å². The standard InChI is InChI=1S/C16H24ClN3O2/c17-14-5-3-6-15(13-14)18-16(22)20-9-4-8-19(10-11-20)7-1-2-12-21/h3,5-6,13,21H,1-2,4,7-12H2,(H,18,22). The number of carbonyl (C=O) groups is 1. The first-order valence-corrected chi connectivity index (χ1v) is 8.21. The lowest BCUT2D eigenvalue weighted by molar-refractivity contribution is 0.210. The number of nitrogens with zero attached hydrogens (tertiary/aromatic N) is 2. The van der Waals surface area contributed by atoms with Gasteiger partial charge in [0.15, 0.2) is 0 Å². The number of unbranched alkanes of at least 4 members (excludes halogenated alkanes) is 1. The molecule has 1 aromatic carbocycles. The maximum absolute atomic E-state index is 12.3. The molecular formula is C16H24ClN3O2. The summed E-state index contributed by atoms with van der Waals surface area (Å²) in [6.45, 7) is 4.63. The van der Waals surface area contributed by atoms with Gasteiger partial charge in [0.05, 0.1) is 0 Å². The summed E-state index contributed by atoms with van der Waals surface area (Å²) in [6, 6.07) is 7.12. The molecule has 122 valence electrons. The summed E-state index contributed by atoms with van der Waals surface area (Å²) < 4.78 is 0. The summed E-state index contributed by atoms with van der Waals surface area (Å²) in [5.74, 6) is 0. The molecule has 0 atom stereocenters. The van der Waals surface area contributed by atoms with Crippen LogP contribution in [-0.2, 0) is 0 Å². The second kappa shape index (κ2) is 8.98. The van der Waals surface area contributed by atoms with Crippen LogP contribution in [0.15, 0.2) is 24.3 Å². The molecule has 0 aliphatic carbocycles. The molecule has 0 spiro atoms. The van der Waals surface area contributed by atoms with Crippen LogP contribution >= 0.6 is 11.6 Å². The zero-order valence-corrected chi connectivity index (χ0v) is 13.6. The van der Waals surface area contributed by atoms with Crippen molar-refractivity contribution in [1.82, 2.24) is 9.80 Å². The summed E-state index contributed by atoms with van der Waals surface area (Å²) >= 11 is 5.93. The Kier molecular flexibility index (Phi) is 6.96. The highest BCUT2D eigenvalue weighted by Gasteiger charge is 2.18. The van der Waals surface area contributed by atoms with Crippen molar-refractivity contribution in [3.8, 4) is 0 Å². The lowest BCUT2D eigenvalue weighted by Crippen LogP contribution is -2.38. The number of amides is 2. The number of hydrogen-bond acceptors (Lipinski definition) is 3. The van der Waals surface area contributed by atoms with E-state index in [2.05, 4.69) is 10.2 Å². The van der Waals surface area contributed by atoms with Crippen molar-refractivity contribution in [2.24, 2.45) is 0 Å². The van der Waals surface area contributed by atoms with Crippen molar-refractivity contribution >= 4 is 23.3 Å². The Labute approximate surface area is 136 Å². The lowest BCUT2D eigenvalue weighted by Gasteiger charge is -2.22. The zero-order chi connectivity index (χ0) is 15.8. The number of aliphatic hydroxyl groups is 1. The maximum Gasteiger partial charge on any atom is 0.321 e. The first-order chi connectivity index (χ1) is 10.7. The fourth-order valence-corrected chi connectivity index (χ4v) is 2.80. The molecule has 5 nitrogen and oxygen atoms in total. The fraction of sp³-hybridized carbons (Fsp3) is 0.562. The van der Waals surface area contributed by atoms with Gasteiger partial charge in [-0.1, -0.05) is 17.7 Å². The third-order valence-corrected chi connectivity index (χ3v) is 4.07. The molecule has 0 saturated carbocycles. The molecule has 2 rings (SSSR count). The van der Waals surface area contributed by atoms with Crippen LogP contribution in [0, 0.1) is 0 Å². The maximum atomic E-state index is 12.3. The monoisotopic (exact) mass is 325 g/mol. The largest absolute Gasteiger partial charge is 0.396 e. The van der Waals surface area contributed by atoms with E-state index in [9.17, 15) is 4.79 Å². The number of halogens is 1. The summed E-state index contributed by atoms with van der Waals surface area (Å²) in [4.78, 5) is 16.5. The van der Waals surface area contributed by atoms with E-state index in [1.165, 1.54) is 0 Å². The van der Waals surface area contributed by atoms with Gasteiger partial charge >= 0.3 is 6.03 Å². The third kappa shape index (κ3) is 5.48. The Hall–Kier alpha value is -1.30. The average Bonchev–Trinajstić information content (AvgIpc) is 2.73. The van der Waals surface area contributed by atoms with Gasteiger partial charge in [0.1, 0.15) is 0 Å². The number of rotatable bonds is 5. The summed E-state index contributed by atoms with van der Waals surface area (Å²) in [7, 11) is 0. The average molecular weight is 326 g/mol. The minimum absolute atomic E-state index is 0.0699. The van der Waals surface area contributed by atoms with E-state index in [1.54, 1.807) is 12.1 Å². The second-order valence-corrected chi connectivity index (χ2v) is 5.99. The van der Waals surface area contributed by atoms with Crippen LogP contribution in [0.1, 0.15) is 19.3 Å². The number of urea groups is 1. The summed E-state index contributed by atoms with van der Waals surface area (Å²) in [5, 5.41) is 12.3. The molecule has 6 heteroatoms. The van der Waals surface area contributed by atoms with Crippen molar-refractivity contribution in [2.75, 3.05) is 44.6 Å². The zero-order valence-electron chi connectivity index (χ0n) is 12.8. The van der Waals surface area contributed by atoms with E-state index in [-0.39, 0.29) is 12.6 Å². The van der Waals surface area contributed by atoms with Crippen LogP contribution in [0.4, 0.5) is 10.5 Å². The molecule has 1 heterocycles. The van der Waals surface area contributed by atoms with E-state index in [0.29, 0.717) is 5.02 Å². The van der Waals surface area contributed by atoms with Crippen LogP contribution in [0.3, 0.4) is 0 Å². The van der Waals surface area contributed by atoms with Gasteiger partial charge in [0, 0.05) is 37.0 Å². The van der Waals surface area contributed by atoms with Crippen LogP contribution < -0.4 is 5.32 Å². The first kappa shape index (κ1) is 17.1. The van der Waals surface area contributed by atoms with Crippen molar-refractivity contribution in [2.45, 2.75) is 19.3 Å². The molecule has 1 fully saturated rings. The van der Waals surface area contributed by atoms with Gasteiger partial charge in [-0.25, -0.2) is 4.79 Å². The number of anilines is 1. The van der Waals surface area contributed by atoms with Crippen LogP contribution in [0.5, 0.6) is 0 Å². The molecule has 2 amide bonds. The van der Waals surface area contributed by atoms with E-state index >= 15 is 0 Å². The number of nitrogens with one attached hydrogen (secondary N) is 1. The predicted octanol–water partition coefficient (Wildman–Crippen LogP) is 2.65. The van der Waals surface area contributed by atoms with Gasteiger partial charge in [-0.15, -0.1) is 0 Å². The number of carbonyl (C=O) groups excluding carboxylic acids is 1. The number of benzene rings is 1. The van der Waals surface area contributed by atoms with E-state index in [4.69, 9.17) is 16.7 Å². The fourth-order valence-electron chi connectivity index (χ4n) is 2.61. The third-order valence-electron chi connectivity index (χ3n) is 3.83. The first-order valence-electron chi connectivity index (χ1n) is 7.84. The molecule has 1 aliphatic rings. The summed E-state index contributed by atoms with van der Waals surface area (Å²) in [5.41, 5.74) is 0.724. The normalized spacial score (nSPS) is 16.4. The quantitative estimate of drug-likeness (QED) is 0.818. The molecule has 22 heavy (non-hydrogen) atoms. The molecule has 1 aromatic rings. The molecule has 1 aliphatic heterocycles. The van der Waals surface area contributed by atoms with Gasteiger partial charge in [-0.3, -0.25) is 0 Å². The van der Waals surface area contributed by atoms with Gasteiger partial charge in [0.25, 0.3) is 0 Å². The second-order valence-electron chi connectivity index (χ2n) is 5.55. The van der Waals surface area contributed by atoms with Crippen LogP contribution in [-0.4, -0.2) is 60.3 Å². The Morgan fingerprint density at radius 3 is 2.86 bits per heavy atom. The minimum atomic E-state index is -0.0699. The van der Waals surface area contributed by atoms with Crippen LogP contribution in [0.2, 0.25) is 5.02 Å². The van der Waals surface area contributed by atoms with Crippen molar-refractivity contribution in [1.29, 1.82) is 0 Å². The van der Waals surface area contributed by atoms with Gasteiger partial charge in [-0.2, -0.15) is 0 Å². The lowest BCUT2D eigenvalue weighted by atomic mass is 10.3. The Morgan fingerprint density at radius 1 is 1.23 bits per heavy atom. The topological polar surface area (TPSA) is 55.8 Å². The van der Waals surface area contributed by atoms with E-state index < -0.39 is 0 Å². The molecule has 0 radical (unpaired) electrons. The highest BCUT2D eigenvalue weighted by molar-refractivity contribution is 6.30. The molecular weight excluding hydrogens is 302 g/mol. The van der Waals surface area contributed by atoms with Crippen molar-refractivity contribution in [3.05, 3.63) is 29.3 Å². The highest BCUT2D eigenvalue weighted by Crippen LogP contribution is 2.16. The summed E-state index contributed by atoms with van der Waals surface area (Å²) in [6.07, 6.45) is 2.82.